The first kappa shape index (κ1) is 12.8. The van der Waals surface area contributed by atoms with Crippen molar-refractivity contribution >= 4 is 17.7 Å². The molecule has 4 nitrogen and oxygen atoms in total. The van der Waals surface area contributed by atoms with E-state index in [4.69, 9.17) is 16.3 Å². The number of hydrazine groups is 1. The molecule has 0 fully saturated rings. The zero-order chi connectivity index (χ0) is 12.0. The summed E-state index contributed by atoms with van der Waals surface area (Å²) >= 11 is 5.77. The zero-order valence-corrected chi connectivity index (χ0v) is 10.0. The molecule has 2 N–H and O–H groups in total. The average molecular weight is 243 g/mol. The van der Waals surface area contributed by atoms with Gasteiger partial charge in [0.1, 0.15) is 0 Å². The van der Waals surface area contributed by atoms with Crippen LogP contribution in [0.2, 0.25) is 5.02 Å². The van der Waals surface area contributed by atoms with Crippen LogP contribution in [0.25, 0.3) is 0 Å². The van der Waals surface area contributed by atoms with Crippen LogP contribution in [-0.2, 0) is 4.74 Å². The Morgan fingerprint density at radius 2 is 2.06 bits per heavy atom. The minimum Gasteiger partial charge on any atom is -0.449 e. The van der Waals surface area contributed by atoms with Crippen LogP contribution in [0.15, 0.2) is 24.3 Å². The highest BCUT2D eigenvalue weighted by molar-refractivity contribution is 6.30. The number of hydrogen-bond donors (Lipinski definition) is 2. The van der Waals surface area contributed by atoms with Gasteiger partial charge in [-0.3, -0.25) is 5.43 Å². The number of halogens is 1. The summed E-state index contributed by atoms with van der Waals surface area (Å²) in [6, 6.07) is 7.39. The number of carbonyl (C=O) groups excluding carboxylic acids is 1. The predicted molar refractivity (Wildman–Crippen MR) is 63.2 cm³/mol. The summed E-state index contributed by atoms with van der Waals surface area (Å²) in [5, 5.41) is 0.689. The molecule has 88 valence electrons. The molecular formula is C11H15ClN2O2. The molecule has 0 radical (unpaired) electrons. The number of hydrogen-bond acceptors (Lipinski definition) is 3. The van der Waals surface area contributed by atoms with Gasteiger partial charge in [0.25, 0.3) is 0 Å². The Labute approximate surface area is 99.9 Å². The van der Waals surface area contributed by atoms with E-state index in [9.17, 15) is 4.79 Å². The van der Waals surface area contributed by atoms with E-state index in [0.29, 0.717) is 11.6 Å². The minimum absolute atomic E-state index is 0.0123. The summed E-state index contributed by atoms with van der Waals surface area (Å²) in [7, 11) is 0. The summed E-state index contributed by atoms with van der Waals surface area (Å²) in [6.45, 7) is 4.03. The van der Waals surface area contributed by atoms with Crippen molar-refractivity contribution in [1.82, 2.24) is 10.9 Å². The fourth-order valence-electron chi connectivity index (χ4n) is 1.17. The van der Waals surface area contributed by atoms with Crippen molar-refractivity contribution in [2.45, 2.75) is 19.9 Å². The van der Waals surface area contributed by atoms with E-state index in [-0.39, 0.29) is 6.04 Å². The van der Waals surface area contributed by atoms with E-state index in [0.717, 1.165) is 5.56 Å². The van der Waals surface area contributed by atoms with Gasteiger partial charge in [-0.2, -0.15) is 0 Å². The predicted octanol–water partition coefficient (Wildman–Crippen LogP) is 2.65. The number of benzene rings is 1. The highest BCUT2D eigenvalue weighted by Gasteiger charge is 2.06. The molecule has 0 saturated carbocycles. The summed E-state index contributed by atoms with van der Waals surface area (Å²) in [5.41, 5.74) is 6.32. The van der Waals surface area contributed by atoms with Crippen molar-refractivity contribution in [3.63, 3.8) is 0 Å². The van der Waals surface area contributed by atoms with Crippen molar-refractivity contribution in [2.75, 3.05) is 6.61 Å². The monoisotopic (exact) mass is 242 g/mol. The Hall–Kier alpha value is -1.26. The lowest BCUT2D eigenvalue weighted by atomic mass is 10.1. The molecule has 0 bridgehead atoms. The van der Waals surface area contributed by atoms with Gasteiger partial charge < -0.3 is 4.74 Å². The van der Waals surface area contributed by atoms with Crippen LogP contribution in [0.4, 0.5) is 4.79 Å². The van der Waals surface area contributed by atoms with Gasteiger partial charge >= 0.3 is 6.09 Å². The van der Waals surface area contributed by atoms with Gasteiger partial charge in [0.2, 0.25) is 0 Å². The van der Waals surface area contributed by atoms with Crippen molar-refractivity contribution in [3.05, 3.63) is 34.9 Å². The van der Waals surface area contributed by atoms with E-state index in [2.05, 4.69) is 10.9 Å². The second-order valence-electron chi connectivity index (χ2n) is 3.26. The van der Waals surface area contributed by atoms with Crippen LogP contribution in [-0.4, -0.2) is 12.7 Å². The largest absolute Gasteiger partial charge is 0.449 e. The molecule has 1 unspecified atom stereocenters. The molecule has 0 aliphatic heterocycles. The van der Waals surface area contributed by atoms with Crippen molar-refractivity contribution in [1.29, 1.82) is 0 Å². The summed E-state index contributed by atoms with van der Waals surface area (Å²) in [5.74, 6) is 0. The number of carbonyl (C=O) groups is 1. The number of rotatable bonds is 4. The second-order valence-corrected chi connectivity index (χ2v) is 3.70. The molecule has 1 aromatic carbocycles. The standard InChI is InChI=1S/C11H15ClN2O2/c1-3-16-11(15)14-13-8(2)9-4-6-10(12)7-5-9/h4-8,13H,3H2,1-2H3,(H,14,15). The Balaban J connectivity index is 2.43. The van der Waals surface area contributed by atoms with Gasteiger partial charge in [0.05, 0.1) is 6.61 Å². The maximum absolute atomic E-state index is 11.0. The molecule has 0 heterocycles. The lowest BCUT2D eigenvalue weighted by molar-refractivity contribution is 0.145. The Bertz CT molecular complexity index is 340. The van der Waals surface area contributed by atoms with Crippen LogP contribution in [0.1, 0.15) is 25.5 Å². The van der Waals surface area contributed by atoms with Gasteiger partial charge in [-0.05, 0) is 31.5 Å². The molecule has 1 amide bonds. The molecule has 0 aliphatic rings. The first-order valence-corrected chi connectivity index (χ1v) is 5.45. The second kappa shape index (κ2) is 6.35. The Morgan fingerprint density at radius 3 is 2.62 bits per heavy atom. The molecule has 1 rings (SSSR count). The Morgan fingerprint density at radius 1 is 1.44 bits per heavy atom. The van der Waals surface area contributed by atoms with Crippen LogP contribution in [0.3, 0.4) is 0 Å². The lowest BCUT2D eigenvalue weighted by Crippen LogP contribution is -2.39. The third kappa shape index (κ3) is 4.08. The van der Waals surface area contributed by atoms with Gasteiger partial charge in [0.15, 0.2) is 0 Å². The van der Waals surface area contributed by atoms with E-state index in [1.165, 1.54) is 0 Å². The van der Waals surface area contributed by atoms with E-state index >= 15 is 0 Å². The molecule has 0 spiro atoms. The third-order valence-corrected chi connectivity index (χ3v) is 2.29. The average Bonchev–Trinajstić information content (AvgIpc) is 2.27. The van der Waals surface area contributed by atoms with E-state index < -0.39 is 6.09 Å². The van der Waals surface area contributed by atoms with Gasteiger partial charge in [-0.1, -0.05) is 23.7 Å². The van der Waals surface area contributed by atoms with Gasteiger partial charge in [-0.25, -0.2) is 10.2 Å². The molecule has 16 heavy (non-hydrogen) atoms. The van der Waals surface area contributed by atoms with E-state index in [1.807, 2.05) is 19.1 Å². The fraction of sp³-hybridized carbons (Fsp3) is 0.364. The SMILES string of the molecule is CCOC(=O)NNC(C)c1ccc(Cl)cc1. The molecule has 1 atom stereocenters. The lowest BCUT2D eigenvalue weighted by Gasteiger charge is -2.14. The number of nitrogens with one attached hydrogen (secondary N) is 2. The summed E-state index contributed by atoms with van der Waals surface area (Å²) in [6.07, 6.45) is -0.483. The molecular weight excluding hydrogens is 228 g/mol. The summed E-state index contributed by atoms with van der Waals surface area (Å²) in [4.78, 5) is 11.0. The smallest absolute Gasteiger partial charge is 0.421 e. The maximum atomic E-state index is 11.0. The topological polar surface area (TPSA) is 50.4 Å². The number of ether oxygens (including phenoxy) is 1. The van der Waals surface area contributed by atoms with Crippen molar-refractivity contribution in [3.8, 4) is 0 Å². The fourth-order valence-corrected chi connectivity index (χ4v) is 1.30. The molecule has 0 saturated heterocycles. The van der Waals surface area contributed by atoms with Crippen LogP contribution in [0.5, 0.6) is 0 Å². The molecule has 5 heteroatoms. The third-order valence-electron chi connectivity index (χ3n) is 2.04. The van der Waals surface area contributed by atoms with Crippen LogP contribution in [0, 0.1) is 0 Å². The zero-order valence-electron chi connectivity index (χ0n) is 9.29. The van der Waals surface area contributed by atoms with E-state index in [1.54, 1.807) is 19.1 Å². The Kier molecular flexibility index (Phi) is 5.08. The van der Waals surface area contributed by atoms with Gasteiger partial charge in [-0.15, -0.1) is 0 Å². The van der Waals surface area contributed by atoms with Crippen molar-refractivity contribution < 1.29 is 9.53 Å². The highest BCUT2D eigenvalue weighted by Crippen LogP contribution is 2.15. The molecule has 0 aliphatic carbocycles. The first-order chi connectivity index (χ1) is 7.63. The number of amides is 1. The van der Waals surface area contributed by atoms with Crippen molar-refractivity contribution in [2.24, 2.45) is 0 Å². The maximum Gasteiger partial charge on any atom is 0.421 e. The molecule has 0 aromatic heterocycles. The normalized spacial score (nSPS) is 11.9. The molecule has 1 aromatic rings. The highest BCUT2D eigenvalue weighted by atomic mass is 35.5. The quantitative estimate of drug-likeness (QED) is 0.798. The summed E-state index contributed by atoms with van der Waals surface area (Å²) < 4.78 is 4.71. The van der Waals surface area contributed by atoms with Crippen LogP contribution >= 0.6 is 11.6 Å². The first-order valence-electron chi connectivity index (χ1n) is 5.07. The van der Waals surface area contributed by atoms with Gasteiger partial charge in [0, 0.05) is 11.1 Å². The van der Waals surface area contributed by atoms with Crippen LogP contribution < -0.4 is 10.9 Å². The minimum atomic E-state index is -0.483.